The number of hydrogen-bond acceptors (Lipinski definition) is 3. The van der Waals surface area contributed by atoms with E-state index in [0.717, 1.165) is 19.9 Å². The van der Waals surface area contributed by atoms with Crippen LogP contribution in [0.4, 0.5) is 0 Å². The standard InChI is InChI=1S/C20H14BrNO3S/c21-16-12-10-15(11-13-16)19(14-6-2-1-3-7-14)22-20(23)17-8-4-5-9-18(17)26(22,24)25/h1-13,19H. The molecule has 26 heavy (non-hydrogen) atoms. The Morgan fingerprint density at radius 1 is 0.769 bits per heavy atom. The van der Waals surface area contributed by atoms with Crippen LogP contribution < -0.4 is 0 Å². The summed E-state index contributed by atoms with van der Waals surface area (Å²) in [7, 11) is -3.93. The van der Waals surface area contributed by atoms with E-state index in [1.807, 2.05) is 54.6 Å². The van der Waals surface area contributed by atoms with Crippen molar-refractivity contribution in [2.75, 3.05) is 0 Å². The summed E-state index contributed by atoms with van der Waals surface area (Å²) < 4.78 is 28.2. The summed E-state index contributed by atoms with van der Waals surface area (Å²) in [5.41, 5.74) is 1.68. The minimum atomic E-state index is -3.93. The fourth-order valence-corrected chi connectivity index (χ4v) is 5.20. The van der Waals surface area contributed by atoms with Gasteiger partial charge >= 0.3 is 0 Å². The molecule has 1 unspecified atom stereocenters. The van der Waals surface area contributed by atoms with E-state index >= 15 is 0 Å². The molecule has 6 heteroatoms. The van der Waals surface area contributed by atoms with Gasteiger partial charge in [-0.3, -0.25) is 4.79 Å². The summed E-state index contributed by atoms with van der Waals surface area (Å²) in [6.45, 7) is 0. The summed E-state index contributed by atoms with van der Waals surface area (Å²) in [6.07, 6.45) is 0. The van der Waals surface area contributed by atoms with Crippen LogP contribution in [-0.4, -0.2) is 18.6 Å². The summed E-state index contributed by atoms with van der Waals surface area (Å²) >= 11 is 3.39. The monoisotopic (exact) mass is 427 g/mol. The lowest BCUT2D eigenvalue weighted by Gasteiger charge is -2.27. The van der Waals surface area contributed by atoms with E-state index in [-0.39, 0.29) is 10.5 Å². The normalized spacial score (nSPS) is 16.3. The van der Waals surface area contributed by atoms with Gasteiger partial charge in [0, 0.05) is 4.47 Å². The molecular formula is C20H14BrNO3S. The van der Waals surface area contributed by atoms with Gasteiger partial charge in [-0.1, -0.05) is 70.5 Å². The minimum Gasteiger partial charge on any atom is -0.268 e. The molecule has 1 amide bonds. The molecule has 0 saturated heterocycles. The molecule has 0 saturated carbocycles. The number of benzene rings is 3. The Hall–Kier alpha value is -2.44. The van der Waals surface area contributed by atoms with Gasteiger partial charge in [-0.25, -0.2) is 12.7 Å². The van der Waals surface area contributed by atoms with Gasteiger partial charge in [0.25, 0.3) is 15.9 Å². The largest absolute Gasteiger partial charge is 0.269 e. The van der Waals surface area contributed by atoms with Crippen LogP contribution in [0.25, 0.3) is 0 Å². The molecule has 0 radical (unpaired) electrons. The Balaban J connectivity index is 1.93. The van der Waals surface area contributed by atoms with Crippen LogP contribution in [0.5, 0.6) is 0 Å². The molecule has 3 aromatic carbocycles. The quantitative estimate of drug-likeness (QED) is 0.622. The first-order valence-corrected chi connectivity index (χ1v) is 10.2. The third-order valence-corrected chi connectivity index (χ3v) is 6.73. The van der Waals surface area contributed by atoms with Gasteiger partial charge < -0.3 is 0 Å². The van der Waals surface area contributed by atoms with Crippen molar-refractivity contribution in [2.45, 2.75) is 10.9 Å². The molecule has 3 aromatic rings. The first-order valence-electron chi connectivity index (χ1n) is 7.98. The Morgan fingerprint density at radius 2 is 1.35 bits per heavy atom. The van der Waals surface area contributed by atoms with Crippen molar-refractivity contribution >= 4 is 31.9 Å². The third kappa shape index (κ3) is 2.66. The van der Waals surface area contributed by atoms with Crippen molar-refractivity contribution < 1.29 is 13.2 Å². The van der Waals surface area contributed by atoms with Crippen LogP contribution in [0.3, 0.4) is 0 Å². The molecule has 0 bridgehead atoms. The molecule has 130 valence electrons. The van der Waals surface area contributed by atoms with Crippen LogP contribution >= 0.6 is 15.9 Å². The number of halogens is 1. The average molecular weight is 428 g/mol. The maximum atomic E-state index is 13.1. The van der Waals surface area contributed by atoms with Gasteiger partial charge in [0.2, 0.25) is 0 Å². The van der Waals surface area contributed by atoms with Gasteiger partial charge in [-0.05, 0) is 35.4 Å². The number of rotatable bonds is 3. The lowest BCUT2D eigenvalue weighted by Crippen LogP contribution is -2.35. The highest BCUT2D eigenvalue weighted by Gasteiger charge is 2.45. The van der Waals surface area contributed by atoms with E-state index in [0.29, 0.717) is 0 Å². The van der Waals surface area contributed by atoms with Gasteiger partial charge in [0.15, 0.2) is 0 Å². The van der Waals surface area contributed by atoms with Crippen molar-refractivity contribution in [1.82, 2.24) is 4.31 Å². The van der Waals surface area contributed by atoms with Gasteiger partial charge in [0.1, 0.15) is 4.90 Å². The zero-order valence-electron chi connectivity index (χ0n) is 13.5. The van der Waals surface area contributed by atoms with E-state index in [1.54, 1.807) is 18.2 Å². The molecule has 0 fully saturated rings. The van der Waals surface area contributed by atoms with Crippen LogP contribution in [0.2, 0.25) is 0 Å². The lowest BCUT2D eigenvalue weighted by molar-refractivity contribution is 0.0846. The van der Waals surface area contributed by atoms with Crippen molar-refractivity contribution in [3.05, 3.63) is 100 Å². The zero-order valence-corrected chi connectivity index (χ0v) is 15.9. The lowest BCUT2D eigenvalue weighted by atomic mass is 9.98. The molecule has 1 aliphatic rings. The Bertz CT molecular complexity index is 1080. The van der Waals surface area contributed by atoms with Crippen LogP contribution in [0, 0.1) is 0 Å². The second-order valence-corrected chi connectivity index (χ2v) is 8.67. The number of hydrogen-bond donors (Lipinski definition) is 0. The summed E-state index contributed by atoms with van der Waals surface area (Å²) in [5, 5.41) is 0. The fourth-order valence-electron chi connectivity index (χ4n) is 3.20. The number of carbonyl (C=O) groups excluding carboxylic acids is 1. The fraction of sp³-hybridized carbons (Fsp3) is 0.0500. The van der Waals surface area contributed by atoms with E-state index in [2.05, 4.69) is 15.9 Å². The van der Waals surface area contributed by atoms with Crippen molar-refractivity contribution in [3.63, 3.8) is 0 Å². The molecule has 0 spiro atoms. The van der Waals surface area contributed by atoms with Crippen molar-refractivity contribution in [3.8, 4) is 0 Å². The Morgan fingerprint density at radius 3 is 2.00 bits per heavy atom. The van der Waals surface area contributed by atoms with Crippen molar-refractivity contribution in [2.24, 2.45) is 0 Å². The maximum absolute atomic E-state index is 13.1. The topological polar surface area (TPSA) is 54.5 Å². The van der Waals surface area contributed by atoms with Crippen molar-refractivity contribution in [1.29, 1.82) is 0 Å². The SMILES string of the molecule is O=C1c2ccccc2S(=O)(=O)N1C(c1ccccc1)c1ccc(Br)cc1. The van der Waals surface area contributed by atoms with Crippen LogP contribution in [-0.2, 0) is 10.0 Å². The molecular weight excluding hydrogens is 414 g/mol. The highest BCUT2D eigenvalue weighted by Crippen LogP contribution is 2.40. The van der Waals surface area contributed by atoms with Crippen LogP contribution in [0.1, 0.15) is 27.5 Å². The summed E-state index contributed by atoms with van der Waals surface area (Å²) in [6, 6.07) is 22.1. The molecule has 1 aliphatic heterocycles. The molecule has 4 nitrogen and oxygen atoms in total. The first-order chi connectivity index (χ1) is 12.5. The Labute approximate surface area is 160 Å². The molecule has 4 rings (SSSR count). The molecule has 0 N–H and O–H groups in total. The molecule has 0 aromatic heterocycles. The highest BCUT2D eigenvalue weighted by molar-refractivity contribution is 9.10. The van der Waals surface area contributed by atoms with E-state index < -0.39 is 22.0 Å². The second-order valence-electron chi connectivity index (χ2n) is 5.97. The average Bonchev–Trinajstić information content (AvgIpc) is 2.86. The molecule has 1 heterocycles. The van der Waals surface area contributed by atoms with Gasteiger partial charge in [-0.15, -0.1) is 0 Å². The summed E-state index contributed by atoms with van der Waals surface area (Å²) in [5.74, 6) is -0.502. The smallest absolute Gasteiger partial charge is 0.268 e. The predicted molar refractivity (Wildman–Crippen MR) is 102 cm³/mol. The van der Waals surface area contributed by atoms with Gasteiger partial charge in [-0.2, -0.15) is 0 Å². The number of carbonyl (C=O) groups is 1. The maximum Gasteiger partial charge on any atom is 0.269 e. The Kier molecular flexibility index (Phi) is 4.17. The second kappa shape index (κ2) is 6.37. The number of nitrogens with zero attached hydrogens (tertiary/aromatic N) is 1. The number of fused-ring (bicyclic) bond motifs is 1. The molecule has 1 atom stereocenters. The predicted octanol–water partition coefficient (Wildman–Crippen LogP) is 4.38. The minimum absolute atomic E-state index is 0.0584. The third-order valence-electron chi connectivity index (χ3n) is 4.39. The number of amides is 1. The van der Waals surface area contributed by atoms with Gasteiger partial charge in [0.05, 0.1) is 11.6 Å². The molecule has 0 aliphatic carbocycles. The van der Waals surface area contributed by atoms with E-state index in [1.165, 1.54) is 6.07 Å². The van der Waals surface area contributed by atoms with Crippen LogP contribution in [0.15, 0.2) is 88.2 Å². The highest BCUT2D eigenvalue weighted by atomic mass is 79.9. The zero-order chi connectivity index (χ0) is 18.3. The number of sulfonamides is 1. The summed E-state index contributed by atoms with van der Waals surface area (Å²) in [4.78, 5) is 13.1. The van der Waals surface area contributed by atoms with E-state index in [9.17, 15) is 13.2 Å². The van der Waals surface area contributed by atoms with E-state index in [4.69, 9.17) is 0 Å². The first kappa shape index (κ1) is 17.0.